The van der Waals surface area contributed by atoms with Crippen molar-refractivity contribution >= 4 is 22.7 Å². The predicted octanol–water partition coefficient (Wildman–Crippen LogP) is 9.01. The summed E-state index contributed by atoms with van der Waals surface area (Å²) in [6, 6.07) is 14.2. The van der Waals surface area contributed by atoms with Crippen LogP contribution in [0.3, 0.4) is 0 Å². The van der Waals surface area contributed by atoms with Crippen LogP contribution in [0.1, 0.15) is 114 Å². The van der Waals surface area contributed by atoms with E-state index in [9.17, 15) is 9.59 Å². The van der Waals surface area contributed by atoms with Gasteiger partial charge >= 0.3 is 11.9 Å². The standard InChI is InChI=1S/C39H54O5/c1-5-6-7-8-29-11-14-36-25-35(20-19-34(36)23-29)33-17-15-32(16-18-33)31-12-9-30(10-13-31)24-37(44-38(41)27(2)3)21-22-43-39(42)28(4)26-40/h11,14,19-20,23,25,30-33,37,40H,2,4-10,12-13,15-18,21-22,24,26H2,1,3H3. The van der Waals surface area contributed by atoms with Gasteiger partial charge in [-0.3, -0.25) is 0 Å². The lowest BCUT2D eigenvalue weighted by Crippen LogP contribution is -2.29. The second-order valence-electron chi connectivity index (χ2n) is 13.5. The number of esters is 2. The quantitative estimate of drug-likeness (QED) is 0.125. The number of unbranched alkanes of at least 4 members (excludes halogenated alkanes) is 2. The lowest BCUT2D eigenvalue weighted by Gasteiger charge is -2.38. The SMILES string of the molecule is C=C(C)C(=O)OC(CCOC(=O)C(=C)CO)CC1CCC(C2CCC(c3ccc4cc(CCCCC)ccc4c3)CC2)CC1. The average molecular weight is 603 g/mol. The Morgan fingerprint density at radius 2 is 1.55 bits per heavy atom. The summed E-state index contributed by atoms with van der Waals surface area (Å²) < 4.78 is 11.0. The molecule has 2 fully saturated rings. The number of hydrogen-bond acceptors (Lipinski definition) is 5. The number of aliphatic hydroxyl groups is 1. The molecule has 0 bridgehead atoms. The van der Waals surface area contributed by atoms with Crippen LogP contribution in [0.4, 0.5) is 0 Å². The van der Waals surface area contributed by atoms with Crippen LogP contribution in [0.2, 0.25) is 0 Å². The molecule has 44 heavy (non-hydrogen) atoms. The van der Waals surface area contributed by atoms with Gasteiger partial charge in [-0.05, 0) is 110 Å². The lowest BCUT2D eigenvalue weighted by atomic mass is 9.67. The van der Waals surface area contributed by atoms with Crippen LogP contribution in [-0.2, 0) is 25.5 Å². The highest BCUT2D eigenvalue weighted by molar-refractivity contribution is 5.88. The van der Waals surface area contributed by atoms with Crippen molar-refractivity contribution in [2.45, 2.75) is 116 Å². The maximum absolute atomic E-state index is 12.3. The summed E-state index contributed by atoms with van der Waals surface area (Å²) in [6.07, 6.45) is 15.9. The highest BCUT2D eigenvalue weighted by Gasteiger charge is 2.32. The molecular formula is C39H54O5. The molecule has 0 spiro atoms. The molecule has 2 aliphatic rings. The van der Waals surface area contributed by atoms with Gasteiger partial charge in [0.05, 0.1) is 18.8 Å². The highest BCUT2D eigenvalue weighted by atomic mass is 16.6. The van der Waals surface area contributed by atoms with Crippen LogP contribution < -0.4 is 0 Å². The molecule has 2 aromatic carbocycles. The Morgan fingerprint density at radius 1 is 0.886 bits per heavy atom. The van der Waals surface area contributed by atoms with E-state index in [4.69, 9.17) is 14.6 Å². The Morgan fingerprint density at radius 3 is 2.20 bits per heavy atom. The number of carbonyl (C=O) groups excluding carboxylic acids is 2. The maximum Gasteiger partial charge on any atom is 0.335 e. The molecule has 240 valence electrons. The van der Waals surface area contributed by atoms with Crippen LogP contribution >= 0.6 is 0 Å². The van der Waals surface area contributed by atoms with Gasteiger partial charge in [-0.15, -0.1) is 0 Å². The second-order valence-corrected chi connectivity index (χ2v) is 13.5. The first-order valence-electron chi connectivity index (χ1n) is 17.1. The van der Waals surface area contributed by atoms with Gasteiger partial charge < -0.3 is 14.6 Å². The van der Waals surface area contributed by atoms with E-state index in [-0.39, 0.29) is 18.3 Å². The fraction of sp³-hybridized carbons (Fsp3) is 0.590. The molecule has 2 aromatic rings. The van der Waals surface area contributed by atoms with Gasteiger partial charge in [0.1, 0.15) is 6.10 Å². The number of carbonyl (C=O) groups is 2. The van der Waals surface area contributed by atoms with E-state index in [1.807, 2.05) is 0 Å². The molecule has 2 aliphatic carbocycles. The Hall–Kier alpha value is -2.92. The molecule has 2 saturated carbocycles. The topological polar surface area (TPSA) is 72.8 Å². The van der Waals surface area contributed by atoms with Crippen molar-refractivity contribution in [2.75, 3.05) is 13.2 Å². The van der Waals surface area contributed by atoms with Gasteiger partial charge in [0.2, 0.25) is 0 Å². The van der Waals surface area contributed by atoms with Crippen molar-refractivity contribution in [3.8, 4) is 0 Å². The number of aryl methyl sites for hydroxylation is 1. The molecule has 4 rings (SSSR count). The molecule has 1 atom stereocenters. The zero-order valence-electron chi connectivity index (χ0n) is 27.2. The van der Waals surface area contributed by atoms with Crippen molar-refractivity contribution < 1.29 is 24.2 Å². The number of ether oxygens (including phenoxy) is 2. The van der Waals surface area contributed by atoms with Gasteiger partial charge in [0.15, 0.2) is 0 Å². The van der Waals surface area contributed by atoms with Gasteiger partial charge in [0, 0.05) is 12.0 Å². The Labute approximate surface area is 265 Å². The first kappa shape index (κ1) is 34.0. The van der Waals surface area contributed by atoms with Gasteiger partial charge in [-0.1, -0.05) is 82.2 Å². The van der Waals surface area contributed by atoms with E-state index >= 15 is 0 Å². The minimum absolute atomic E-state index is 0.0247. The van der Waals surface area contributed by atoms with E-state index in [0.29, 0.717) is 23.8 Å². The first-order valence-corrected chi connectivity index (χ1v) is 17.1. The molecule has 5 heteroatoms. The maximum atomic E-state index is 12.3. The number of benzene rings is 2. The number of fused-ring (bicyclic) bond motifs is 1. The molecule has 1 N–H and O–H groups in total. The van der Waals surface area contributed by atoms with E-state index in [1.54, 1.807) is 6.92 Å². The monoisotopic (exact) mass is 602 g/mol. The normalized spacial score (nSPS) is 22.7. The molecule has 0 heterocycles. The molecule has 0 radical (unpaired) electrons. The minimum Gasteiger partial charge on any atom is -0.462 e. The molecule has 5 nitrogen and oxygen atoms in total. The van der Waals surface area contributed by atoms with Gasteiger partial charge in [-0.2, -0.15) is 0 Å². The van der Waals surface area contributed by atoms with E-state index < -0.39 is 18.5 Å². The lowest BCUT2D eigenvalue weighted by molar-refractivity contribution is -0.147. The minimum atomic E-state index is -0.611. The predicted molar refractivity (Wildman–Crippen MR) is 178 cm³/mol. The Kier molecular flexibility index (Phi) is 13.1. The van der Waals surface area contributed by atoms with Gasteiger partial charge in [-0.25, -0.2) is 9.59 Å². The summed E-state index contributed by atoms with van der Waals surface area (Å²) in [5.41, 5.74) is 3.37. The second kappa shape index (κ2) is 17.0. The van der Waals surface area contributed by atoms with Crippen molar-refractivity contribution in [2.24, 2.45) is 17.8 Å². The summed E-state index contributed by atoms with van der Waals surface area (Å²) >= 11 is 0. The third-order valence-electron chi connectivity index (χ3n) is 10.2. The van der Waals surface area contributed by atoms with Crippen molar-refractivity contribution in [3.63, 3.8) is 0 Å². The molecule has 0 amide bonds. The third-order valence-corrected chi connectivity index (χ3v) is 10.2. The third kappa shape index (κ3) is 9.79. The van der Waals surface area contributed by atoms with Crippen molar-refractivity contribution in [3.05, 3.63) is 71.8 Å². The van der Waals surface area contributed by atoms with Crippen LogP contribution in [0.5, 0.6) is 0 Å². The number of hydrogen-bond donors (Lipinski definition) is 1. The average Bonchev–Trinajstić information content (AvgIpc) is 3.04. The molecular weight excluding hydrogens is 548 g/mol. The molecule has 0 aromatic heterocycles. The van der Waals surface area contributed by atoms with E-state index in [0.717, 1.165) is 31.1 Å². The van der Waals surface area contributed by atoms with E-state index in [2.05, 4.69) is 56.5 Å². The largest absolute Gasteiger partial charge is 0.462 e. The summed E-state index contributed by atoms with van der Waals surface area (Å²) in [5.74, 6) is 1.76. The zero-order valence-corrected chi connectivity index (χ0v) is 27.2. The Balaban J connectivity index is 1.23. The number of aliphatic hydroxyl groups excluding tert-OH is 1. The van der Waals surface area contributed by atoms with Gasteiger partial charge in [0.25, 0.3) is 0 Å². The van der Waals surface area contributed by atoms with Crippen LogP contribution in [0.15, 0.2) is 60.7 Å². The van der Waals surface area contributed by atoms with Crippen LogP contribution in [0.25, 0.3) is 10.8 Å². The van der Waals surface area contributed by atoms with Crippen LogP contribution in [0, 0.1) is 17.8 Å². The smallest absolute Gasteiger partial charge is 0.335 e. The Bertz CT molecular complexity index is 1260. The van der Waals surface area contributed by atoms with Crippen molar-refractivity contribution in [1.82, 2.24) is 0 Å². The summed E-state index contributed by atoms with van der Waals surface area (Å²) in [4.78, 5) is 24.1. The molecule has 1 unspecified atom stereocenters. The van der Waals surface area contributed by atoms with Crippen molar-refractivity contribution in [1.29, 1.82) is 0 Å². The fourth-order valence-corrected chi connectivity index (χ4v) is 7.42. The summed E-state index contributed by atoms with van der Waals surface area (Å²) in [6.45, 7) is 10.8. The molecule has 0 aliphatic heterocycles. The molecule has 0 saturated heterocycles. The van der Waals surface area contributed by atoms with E-state index in [1.165, 1.54) is 86.1 Å². The van der Waals surface area contributed by atoms with Crippen LogP contribution in [-0.4, -0.2) is 36.4 Å². The highest BCUT2D eigenvalue weighted by Crippen LogP contribution is 2.45. The summed E-state index contributed by atoms with van der Waals surface area (Å²) in [7, 11) is 0. The summed E-state index contributed by atoms with van der Waals surface area (Å²) in [5, 5.41) is 11.8. The number of rotatable bonds is 15. The first-order chi connectivity index (χ1) is 21.3. The fourth-order valence-electron chi connectivity index (χ4n) is 7.42. The zero-order chi connectivity index (χ0) is 31.5.